The van der Waals surface area contributed by atoms with Gasteiger partial charge in [-0.25, -0.2) is 5.01 Å². The van der Waals surface area contributed by atoms with Crippen LogP contribution in [0.15, 0.2) is 35.4 Å². The summed E-state index contributed by atoms with van der Waals surface area (Å²) in [7, 11) is 0. The molecule has 1 aliphatic rings. The minimum atomic E-state index is -0.529. The Bertz CT molecular complexity index is 613. The lowest BCUT2D eigenvalue weighted by Crippen LogP contribution is -2.30. The molecule has 2 rings (SSSR count). The summed E-state index contributed by atoms with van der Waals surface area (Å²) >= 11 is 0. The maximum atomic E-state index is 12.0. The number of benzene rings is 1. The van der Waals surface area contributed by atoms with Crippen LogP contribution in [0.4, 0.5) is 0 Å². The zero-order valence-corrected chi connectivity index (χ0v) is 12.9. The van der Waals surface area contributed by atoms with Crippen molar-refractivity contribution in [2.45, 2.75) is 19.8 Å². The zero-order valence-electron chi connectivity index (χ0n) is 12.9. The summed E-state index contributed by atoms with van der Waals surface area (Å²) in [5, 5.41) is 8.08. The highest BCUT2D eigenvalue weighted by atomic mass is 16.5. The van der Waals surface area contributed by atoms with Crippen molar-refractivity contribution >= 4 is 23.5 Å². The molecule has 23 heavy (non-hydrogen) atoms. The molecule has 1 N–H and O–H groups in total. The predicted octanol–water partition coefficient (Wildman–Crippen LogP) is 0.692. The maximum absolute atomic E-state index is 12.0. The predicted molar refractivity (Wildman–Crippen MR) is 83.6 cm³/mol. The second kappa shape index (κ2) is 8.07. The standard InChI is InChI=1S/C16H19N3O4/c1-12(20)17-9-7-16(22)23-11-15(21)19-10-8-14(18-19)13-5-3-2-4-6-13/h2-6H,7-11H2,1H3,(H,17,20). The van der Waals surface area contributed by atoms with Crippen LogP contribution in [-0.2, 0) is 19.1 Å². The summed E-state index contributed by atoms with van der Waals surface area (Å²) in [5.41, 5.74) is 1.83. The lowest BCUT2D eigenvalue weighted by atomic mass is 10.1. The van der Waals surface area contributed by atoms with Crippen molar-refractivity contribution in [2.24, 2.45) is 5.10 Å². The lowest BCUT2D eigenvalue weighted by Gasteiger charge is -2.11. The number of nitrogens with one attached hydrogen (secondary N) is 1. The number of rotatable bonds is 6. The van der Waals surface area contributed by atoms with Gasteiger partial charge in [-0.05, 0) is 5.56 Å². The highest BCUT2D eigenvalue weighted by Crippen LogP contribution is 2.13. The van der Waals surface area contributed by atoms with E-state index in [1.54, 1.807) is 0 Å². The summed E-state index contributed by atoms with van der Waals surface area (Å²) in [6, 6.07) is 9.63. The number of amides is 2. The van der Waals surface area contributed by atoms with E-state index in [0.29, 0.717) is 13.0 Å². The average molecular weight is 317 g/mol. The molecule has 0 fully saturated rings. The molecule has 122 valence electrons. The topological polar surface area (TPSA) is 88.1 Å². The second-order valence-corrected chi connectivity index (χ2v) is 5.07. The van der Waals surface area contributed by atoms with E-state index in [0.717, 1.165) is 11.3 Å². The first-order valence-corrected chi connectivity index (χ1v) is 7.39. The molecule has 2 amide bonds. The molecule has 0 atom stereocenters. The summed E-state index contributed by atoms with van der Waals surface area (Å²) in [5.74, 6) is -1.10. The van der Waals surface area contributed by atoms with Crippen LogP contribution >= 0.6 is 0 Å². The zero-order chi connectivity index (χ0) is 16.7. The number of ether oxygens (including phenoxy) is 1. The number of hydrazone groups is 1. The molecule has 0 saturated heterocycles. The number of nitrogens with zero attached hydrogens (tertiary/aromatic N) is 2. The maximum Gasteiger partial charge on any atom is 0.308 e. The first kappa shape index (κ1) is 16.7. The van der Waals surface area contributed by atoms with Crippen molar-refractivity contribution in [1.29, 1.82) is 0 Å². The van der Waals surface area contributed by atoms with E-state index in [4.69, 9.17) is 4.74 Å². The van der Waals surface area contributed by atoms with E-state index >= 15 is 0 Å². The molecule has 0 spiro atoms. The van der Waals surface area contributed by atoms with Gasteiger partial charge in [0.1, 0.15) is 0 Å². The van der Waals surface area contributed by atoms with Crippen molar-refractivity contribution < 1.29 is 19.1 Å². The van der Waals surface area contributed by atoms with Crippen LogP contribution in [0.25, 0.3) is 0 Å². The molecule has 0 aromatic heterocycles. The SMILES string of the molecule is CC(=O)NCCC(=O)OCC(=O)N1CCC(c2ccccc2)=N1. The Morgan fingerprint density at radius 2 is 2.00 bits per heavy atom. The summed E-state index contributed by atoms with van der Waals surface area (Å²) in [4.78, 5) is 34.1. The Labute approximate surface area is 134 Å². The summed E-state index contributed by atoms with van der Waals surface area (Å²) in [6.07, 6.45) is 0.706. The van der Waals surface area contributed by atoms with Gasteiger partial charge < -0.3 is 10.1 Å². The van der Waals surface area contributed by atoms with Crippen LogP contribution in [0.2, 0.25) is 0 Å². The minimum Gasteiger partial charge on any atom is -0.455 e. The Morgan fingerprint density at radius 3 is 2.70 bits per heavy atom. The Morgan fingerprint density at radius 1 is 1.26 bits per heavy atom. The Hall–Kier alpha value is -2.70. The third-order valence-electron chi connectivity index (χ3n) is 3.26. The van der Waals surface area contributed by atoms with Crippen LogP contribution < -0.4 is 5.32 Å². The fourth-order valence-corrected chi connectivity index (χ4v) is 2.10. The molecule has 1 aromatic rings. The van der Waals surface area contributed by atoms with Gasteiger partial charge in [0.05, 0.1) is 18.7 Å². The van der Waals surface area contributed by atoms with Gasteiger partial charge in [-0.15, -0.1) is 0 Å². The molecule has 0 aliphatic carbocycles. The van der Waals surface area contributed by atoms with Gasteiger partial charge in [-0.3, -0.25) is 14.4 Å². The fraction of sp³-hybridized carbons (Fsp3) is 0.375. The van der Waals surface area contributed by atoms with E-state index in [1.807, 2.05) is 30.3 Å². The Kier molecular flexibility index (Phi) is 5.85. The molecule has 0 bridgehead atoms. The molecule has 1 heterocycles. The molecule has 7 nitrogen and oxygen atoms in total. The van der Waals surface area contributed by atoms with Gasteiger partial charge in [-0.2, -0.15) is 5.10 Å². The molecule has 0 saturated carbocycles. The van der Waals surface area contributed by atoms with Gasteiger partial charge in [0.15, 0.2) is 6.61 Å². The van der Waals surface area contributed by atoms with Crippen LogP contribution in [0, 0.1) is 0 Å². The van der Waals surface area contributed by atoms with E-state index in [9.17, 15) is 14.4 Å². The highest BCUT2D eigenvalue weighted by Gasteiger charge is 2.22. The van der Waals surface area contributed by atoms with E-state index in [1.165, 1.54) is 11.9 Å². The van der Waals surface area contributed by atoms with E-state index in [2.05, 4.69) is 10.4 Å². The van der Waals surface area contributed by atoms with Crippen LogP contribution in [-0.4, -0.2) is 48.2 Å². The lowest BCUT2D eigenvalue weighted by molar-refractivity contribution is -0.151. The largest absolute Gasteiger partial charge is 0.455 e. The number of carbonyl (C=O) groups is 3. The molecule has 1 aliphatic heterocycles. The van der Waals surface area contributed by atoms with E-state index < -0.39 is 5.97 Å². The van der Waals surface area contributed by atoms with Gasteiger partial charge in [0, 0.05) is 19.9 Å². The quantitative estimate of drug-likeness (QED) is 0.782. The van der Waals surface area contributed by atoms with Gasteiger partial charge in [0.2, 0.25) is 5.91 Å². The molecular weight excluding hydrogens is 298 g/mol. The van der Waals surface area contributed by atoms with Crippen LogP contribution in [0.1, 0.15) is 25.3 Å². The van der Waals surface area contributed by atoms with Crippen LogP contribution in [0.5, 0.6) is 0 Å². The van der Waals surface area contributed by atoms with Crippen molar-refractivity contribution in [3.63, 3.8) is 0 Å². The van der Waals surface area contributed by atoms with Crippen molar-refractivity contribution in [3.8, 4) is 0 Å². The summed E-state index contributed by atoms with van der Waals surface area (Å²) in [6.45, 7) is 1.70. The molecule has 7 heteroatoms. The number of esters is 1. The third kappa shape index (κ3) is 5.21. The Balaban J connectivity index is 1.77. The fourth-order valence-electron chi connectivity index (χ4n) is 2.10. The average Bonchev–Trinajstić information content (AvgIpc) is 3.03. The van der Waals surface area contributed by atoms with Crippen molar-refractivity contribution in [2.75, 3.05) is 19.7 Å². The minimum absolute atomic E-state index is 0.0331. The van der Waals surface area contributed by atoms with Gasteiger partial charge in [-0.1, -0.05) is 30.3 Å². The number of hydrogen-bond donors (Lipinski definition) is 1. The monoisotopic (exact) mass is 317 g/mol. The first-order valence-electron chi connectivity index (χ1n) is 7.39. The second-order valence-electron chi connectivity index (χ2n) is 5.07. The normalized spacial score (nSPS) is 13.4. The first-order chi connectivity index (χ1) is 11.1. The number of carbonyl (C=O) groups excluding carboxylic acids is 3. The molecular formula is C16H19N3O4. The molecule has 0 radical (unpaired) electrons. The smallest absolute Gasteiger partial charge is 0.308 e. The summed E-state index contributed by atoms with van der Waals surface area (Å²) < 4.78 is 4.89. The van der Waals surface area contributed by atoms with Crippen molar-refractivity contribution in [1.82, 2.24) is 10.3 Å². The van der Waals surface area contributed by atoms with Crippen molar-refractivity contribution in [3.05, 3.63) is 35.9 Å². The van der Waals surface area contributed by atoms with Gasteiger partial charge in [0.25, 0.3) is 5.91 Å². The number of hydrogen-bond acceptors (Lipinski definition) is 5. The molecule has 0 unspecified atom stereocenters. The van der Waals surface area contributed by atoms with Gasteiger partial charge >= 0.3 is 5.97 Å². The third-order valence-corrected chi connectivity index (χ3v) is 3.26. The van der Waals surface area contributed by atoms with Crippen LogP contribution in [0.3, 0.4) is 0 Å². The highest BCUT2D eigenvalue weighted by molar-refractivity contribution is 6.02. The van der Waals surface area contributed by atoms with E-state index in [-0.39, 0.29) is 31.4 Å². The molecule has 1 aromatic carbocycles.